The smallest absolute Gasteiger partial charge is 0.199 e. The van der Waals surface area contributed by atoms with Crippen molar-refractivity contribution in [2.24, 2.45) is 0 Å². The van der Waals surface area contributed by atoms with Gasteiger partial charge in [-0.3, -0.25) is 9.67 Å². The van der Waals surface area contributed by atoms with Crippen LogP contribution >= 0.6 is 12.2 Å². The van der Waals surface area contributed by atoms with E-state index in [1.165, 1.54) is 18.5 Å². The Morgan fingerprint density at radius 2 is 1.79 bits per heavy atom. The summed E-state index contributed by atoms with van der Waals surface area (Å²) >= 11 is 5.18. The van der Waals surface area contributed by atoms with Crippen LogP contribution in [0.15, 0.2) is 24.3 Å². The van der Waals surface area contributed by atoms with Crippen LogP contribution in [0.5, 0.6) is 0 Å². The van der Waals surface area contributed by atoms with Crippen molar-refractivity contribution >= 4 is 17.9 Å². The normalized spacial score (nSPS) is 15.1. The van der Waals surface area contributed by atoms with Crippen LogP contribution in [0.1, 0.15) is 18.7 Å². The third kappa shape index (κ3) is 2.29. The van der Waals surface area contributed by atoms with Crippen LogP contribution in [-0.4, -0.2) is 33.0 Å². The second kappa shape index (κ2) is 5.14. The topological polar surface area (TPSA) is 57.1 Å². The molecule has 19 heavy (non-hydrogen) atoms. The van der Waals surface area contributed by atoms with Crippen molar-refractivity contribution in [1.82, 2.24) is 14.8 Å². The summed E-state index contributed by atoms with van der Waals surface area (Å²) in [6.07, 6.45) is 2.53. The number of nitrogens with zero attached hydrogens (tertiary/aromatic N) is 3. The van der Waals surface area contributed by atoms with Gasteiger partial charge in [-0.05, 0) is 49.3 Å². The Hall–Kier alpha value is -1.66. The van der Waals surface area contributed by atoms with E-state index in [0.717, 1.165) is 18.8 Å². The fourth-order valence-electron chi connectivity index (χ4n) is 2.49. The minimum absolute atomic E-state index is 0.138. The SMILES string of the molecule is OCc1n[nH]c(=S)n1-c1ccc(N2CCCC2)cc1. The predicted molar refractivity (Wildman–Crippen MR) is 76.1 cm³/mol. The van der Waals surface area contributed by atoms with Crippen molar-refractivity contribution in [3.63, 3.8) is 0 Å². The van der Waals surface area contributed by atoms with Crippen molar-refractivity contribution < 1.29 is 5.11 Å². The summed E-state index contributed by atoms with van der Waals surface area (Å²) in [6, 6.07) is 8.21. The minimum atomic E-state index is -0.138. The molecule has 1 aliphatic heterocycles. The van der Waals surface area contributed by atoms with Gasteiger partial charge in [-0.2, -0.15) is 5.10 Å². The molecule has 2 aromatic rings. The summed E-state index contributed by atoms with van der Waals surface area (Å²) in [7, 11) is 0. The fraction of sp³-hybridized carbons (Fsp3) is 0.385. The van der Waals surface area contributed by atoms with Gasteiger partial charge < -0.3 is 10.0 Å². The van der Waals surface area contributed by atoms with E-state index in [9.17, 15) is 5.11 Å². The van der Waals surface area contributed by atoms with Crippen LogP contribution in [0.4, 0.5) is 5.69 Å². The van der Waals surface area contributed by atoms with Gasteiger partial charge in [0.25, 0.3) is 0 Å². The lowest BCUT2D eigenvalue weighted by Gasteiger charge is -2.17. The molecule has 0 spiro atoms. The largest absolute Gasteiger partial charge is 0.388 e. The van der Waals surface area contributed by atoms with Gasteiger partial charge in [0.05, 0.1) is 0 Å². The molecule has 0 radical (unpaired) electrons. The lowest BCUT2D eigenvalue weighted by Crippen LogP contribution is -2.17. The number of aliphatic hydroxyl groups is 1. The van der Waals surface area contributed by atoms with E-state index in [0.29, 0.717) is 10.6 Å². The van der Waals surface area contributed by atoms with Crippen molar-refractivity contribution in [3.05, 3.63) is 34.9 Å². The zero-order chi connectivity index (χ0) is 13.2. The average Bonchev–Trinajstić information content (AvgIpc) is 3.08. The predicted octanol–water partition coefficient (Wildman–Crippen LogP) is 2.02. The number of anilines is 1. The van der Waals surface area contributed by atoms with E-state index in [-0.39, 0.29) is 6.61 Å². The molecule has 6 heteroatoms. The Morgan fingerprint density at radius 1 is 1.16 bits per heavy atom. The summed E-state index contributed by atoms with van der Waals surface area (Å²) in [6.45, 7) is 2.12. The lowest BCUT2D eigenvalue weighted by atomic mass is 10.2. The second-order valence-electron chi connectivity index (χ2n) is 4.65. The molecular formula is C13H16N4OS. The highest BCUT2D eigenvalue weighted by atomic mass is 32.1. The first kappa shape index (κ1) is 12.4. The molecule has 3 rings (SSSR count). The second-order valence-corrected chi connectivity index (χ2v) is 5.04. The minimum Gasteiger partial charge on any atom is -0.388 e. The molecule has 1 aromatic heterocycles. The molecule has 0 bridgehead atoms. The number of H-pyrrole nitrogens is 1. The molecule has 1 fully saturated rings. The first-order valence-corrected chi connectivity index (χ1v) is 6.83. The first-order valence-electron chi connectivity index (χ1n) is 6.42. The number of aromatic amines is 1. The van der Waals surface area contributed by atoms with Crippen LogP contribution in [-0.2, 0) is 6.61 Å². The van der Waals surface area contributed by atoms with Crippen LogP contribution in [0.25, 0.3) is 5.69 Å². The van der Waals surface area contributed by atoms with E-state index in [1.807, 2.05) is 12.1 Å². The van der Waals surface area contributed by atoms with Gasteiger partial charge in [0.1, 0.15) is 6.61 Å². The van der Waals surface area contributed by atoms with Crippen LogP contribution in [0, 0.1) is 4.77 Å². The third-order valence-corrected chi connectivity index (χ3v) is 3.74. The molecular weight excluding hydrogens is 260 g/mol. The number of hydrogen-bond donors (Lipinski definition) is 2. The van der Waals surface area contributed by atoms with Crippen LogP contribution < -0.4 is 4.90 Å². The standard InChI is InChI=1S/C13H16N4OS/c18-9-12-14-15-13(19)17(12)11-5-3-10(4-6-11)16-7-1-2-8-16/h3-6,18H,1-2,7-9H2,(H,15,19). The van der Waals surface area contributed by atoms with Gasteiger partial charge in [0, 0.05) is 24.5 Å². The van der Waals surface area contributed by atoms with Gasteiger partial charge in [-0.15, -0.1) is 0 Å². The molecule has 0 saturated carbocycles. The molecule has 1 aliphatic rings. The summed E-state index contributed by atoms with van der Waals surface area (Å²) in [5.41, 5.74) is 2.16. The zero-order valence-electron chi connectivity index (χ0n) is 10.5. The van der Waals surface area contributed by atoms with Crippen LogP contribution in [0.3, 0.4) is 0 Å². The molecule has 1 aromatic carbocycles. The molecule has 5 nitrogen and oxygen atoms in total. The van der Waals surface area contributed by atoms with Gasteiger partial charge >= 0.3 is 0 Å². The third-order valence-electron chi connectivity index (χ3n) is 3.46. The van der Waals surface area contributed by atoms with Crippen molar-refractivity contribution in [1.29, 1.82) is 0 Å². The average molecular weight is 276 g/mol. The number of aliphatic hydroxyl groups excluding tert-OH is 1. The Bertz CT molecular complexity index is 610. The summed E-state index contributed by atoms with van der Waals surface area (Å²) in [5, 5.41) is 16.0. The highest BCUT2D eigenvalue weighted by Gasteiger charge is 2.13. The molecule has 2 N–H and O–H groups in total. The van der Waals surface area contributed by atoms with Gasteiger partial charge in [0.15, 0.2) is 10.6 Å². The van der Waals surface area contributed by atoms with E-state index in [1.54, 1.807) is 4.57 Å². The van der Waals surface area contributed by atoms with Crippen LogP contribution in [0.2, 0.25) is 0 Å². The Balaban J connectivity index is 1.93. The fourth-order valence-corrected chi connectivity index (χ4v) is 2.75. The Kier molecular flexibility index (Phi) is 3.35. The van der Waals surface area contributed by atoms with Crippen molar-refractivity contribution in [3.8, 4) is 5.69 Å². The molecule has 0 aliphatic carbocycles. The Morgan fingerprint density at radius 3 is 2.42 bits per heavy atom. The quantitative estimate of drug-likeness (QED) is 0.842. The van der Waals surface area contributed by atoms with E-state index >= 15 is 0 Å². The molecule has 0 unspecified atom stereocenters. The lowest BCUT2D eigenvalue weighted by molar-refractivity contribution is 0.269. The number of benzene rings is 1. The van der Waals surface area contributed by atoms with E-state index in [4.69, 9.17) is 12.2 Å². The maximum Gasteiger partial charge on any atom is 0.199 e. The number of hydrogen-bond acceptors (Lipinski definition) is 4. The number of aromatic nitrogens is 3. The summed E-state index contributed by atoms with van der Waals surface area (Å²) in [4.78, 5) is 2.38. The first-order chi connectivity index (χ1) is 9.29. The van der Waals surface area contributed by atoms with E-state index < -0.39 is 0 Å². The highest BCUT2D eigenvalue weighted by Crippen LogP contribution is 2.22. The summed E-state index contributed by atoms with van der Waals surface area (Å²) in [5.74, 6) is 0.527. The Labute approximate surface area is 116 Å². The molecule has 1 saturated heterocycles. The maximum atomic E-state index is 9.26. The molecule has 100 valence electrons. The summed E-state index contributed by atoms with van der Waals surface area (Å²) < 4.78 is 2.25. The van der Waals surface area contributed by atoms with Gasteiger partial charge in [-0.25, -0.2) is 0 Å². The van der Waals surface area contributed by atoms with Gasteiger partial charge in [-0.1, -0.05) is 0 Å². The molecule has 0 amide bonds. The maximum absolute atomic E-state index is 9.26. The zero-order valence-corrected chi connectivity index (χ0v) is 11.4. The monoisotopic (exact) mass is 276 g/mol. The number of rotatable bonds is 3. The highest BCUT2D eigenvalue weighted by molar-refractivity contribution is 7.71. The number of nitrogens with one attached hydrogen (secondary N) is 1. The van der Waals surface area contributed by atoms with Gasteiger partial charge in [0.2, 0.25) is 0 Å². The van der Waals surface area contributed by atoms with Crippen molar-refractivity contribution in [2.75, 3.05) is 18.0 Å². The molecule has 0 atom stereocenters. The van der Waals surface area contributed by atoms with E-state index in [2.05, 4.69) is 27.2 Å². The van der Waals surface area contributed by atoms with Crippen molar-refractivity contribution in [2.45, 2.75) is 19.4 Å². The molecule has 2 heterocycles.